The molecule has 1 saturated heterocycles. The zero-order chi connectivity index (χ0) is 20.2. The summed E-state index contributed by atoms with van der Waals surface area (Å²) in [6.07, 6.45) is 3.29. The summed E-state index contributed by atoms with van der Waals surface area (Å²) in [4.78, 5) is 18.4. The van der Waals surface area contributed by atoms with E-state index in [4.69, 9.17) is 4.42 Å². The van der Waals surface area contributed by atoms with E-state index >= 15 is 0 Å². The van der Waals surface area contributed by atoms with Crippen molar-refractivity contribution < 1.29 is 13.6 Å². The van der Waals surface area contributed by atoms with E-state index in [2.05, 4.69) is 25.8 Å². The van der Waals surface area contributed by atoms with Gasteiger partial charge in [0.15, 0.2) is 17.5 Å². The van der Waals surface area contributed by atoms with Crippen molar-refractivity contribution in [2.75, 3.05) is 31.6 Å². The molecular weight excluding hydrogens is 375 g/mol. The molecule has 9 heteroatoms. The van der Waals surface area contributed by atoms with Crippen molar-refractivity contribution in [1.82, 2.24) is 25.4 Å². The maximum atomic E-state index is 12.6. The van der Waals surface area contributed by atoms with Gasteiger partial charge in [0, 0.05) is 43.5 Å². The first-order chi connectivity index (χ1) is 14.1. The molecule has 1 aliphatic rings. The summed E-state index contributed by atoms with van der Waals surface area (Å²) in [7, 11) is 0. The zero-order valence-electron chi connectivity index (χ0n) is 16.2. The van der Waals surface area contributed by atoms with Crippen molar-refractivity contribution in [3.63, 3.8) is 0 Å². The summed E-state index contributed by atoms with van der Waals surface area (Å²) in [6, 6.07) is 7.54. The molecule has 0 unspecified atom stereocenters. The van der Waals surface area contributed by atoms with E-state index in [1.807, 2.05) is 18.2 Å². The van der Waals surface area contributed by atoms with Crippen molar-refractivity contribution in [3.8, 4) is 11.3 Å². The van der Waals surface area contributed by atoms with Gasteiger partial charge in [0.25, 0.3) is 0 Å². The molecule has 4 rings (SSSR count). The summed E-state index contributed by atoms with van der Waals surface area (Å²) in [5, 5.41) is 15.1. The van der Waals surface area contributed by atoms with Gasteiger partial charge in [-0.05, 0) is 37.1 Å². The average Bonchev–Trinajstić information content (AvgIpc) is 3.18. The second-order valence-corrected chi connectivity index (χ2v) is 7.08. The third-order valence-electron chi connectivity index (χ3n) is 5.04. The lowest BCUT2D eigenvalue weighted by atomic mass is 10.1. The number of carbonyl (C=O) groups excluding carboxylic acids is 1. The molecule has 0 aliphatic carbocycles. The van der Waals surface area contributed by atoms with Crippen molar-refractivity contribution in [1.29, 1.82) is 0 Å². The predicted molar refractivity (Wildman–Crippen MR) is 107 cm³/mol. The highest BCUT2D eigenvalue weighted by Gasteiger charge is 2.22. The Kier molecular flexibility index (Phi) is 5.66. The molecule has 2 amide bonds. The van der Waals surface area contributed by atoms with Crippen LogP contribution in [0.5, 0.6) is 0 Å². The number of nitrogens with one attached hydrogen (secondary N) is 2. The van der Waals surface area contributed by atoms with Gasteiger partial charge in [-0.15, -0.1) is 10.2 Å². The molecule has 152 valence electrons. The SMILES string of the molecule is Cc1ncc(-c2ccc3nnc(NC(=O)N4CCC(NCCF)CC4)cc3c2)o1. The van der Waals surface area contributed by atoms with Crippen molar-refractivity contribution in [2.45, 2.75) is 25.8 Å². The first-order valence-electron chi connectivity index (χ1n) is 9.68. The van der Waals surface area contributed by atoms with E-state index < -0.39 is 0 Å². The highest BCUT2D eigenvalue weighted by Crippen LogP contribution is 2.25. The Morgan fingerprint density at radius 3 is 2.83 bits per heavy atom. The number of likely N-dealkylation sites (tertiary alicyclic amines) is 1. The highest BCUT2D eigenvalue weighted by atomic mass is 19.1. The van der Waals surface area contributed by atoms with E-state index in [-0.39, 0.29) is 18.7 Å². The molecule has 1 fully saturated rings. The zero-order valence-corrected chi connectivity index (χ0v) is 16.2. The summed E-state index contributed by atoms with van der Waals surface area (Å²) in [5.41, 5.74) is 1.61. The number of anilines is 1. The number of carbonyl (C=O) groups is 1. The van der Waals surface area contributed by atoms with Crippen LogP contribution in [0.25, 0.3) is 22.2 Å². The monoisotopic (exact) mass is 398 g/mol. The van der Waals surface area contributed by atoms with Gasteiger partial charge in [0.05, 0.1) is 11.7 Å². The number of aromatic nitrogens is 3. The summed E-state index contributed by atoms with van der Waals surface area (Å²) < 4.78 is 17.8. The normalized spacial score (nSPS) is 15.0. The number of amides is 2. The van der Waals surface area contributed by atoms with Crippen LogP contribution in [-0.2, 0) is 0 Å². The maximum Gasteiger partial charge on any atom is 0.323 e. The molecule has 0 bridgehead atoms. The third-order valence-corrected chi connectivity index (χ3v) is 5.04. The van der Waals surface area contributed by atoms with Crippen LogP contribution in [0.4, 0.5) is 15.0 Å². The number of oxazole rings is 1. The first-order valence-corrected chi connectivity index (χ1v) is 9.68. The molecule has 0 spiro atoms. The number of nitrogens with zero attached hydrogens (tertiary/aromatic N) is 4. The van der Waals surface area contributed by atoms with E-state index in [0.29, 0.717) is 37.1 Å². The van der Waals surface area contributed by atoms with Crippen LogP contribution < -0.4 is 10.6 Å². The van der Waals surface area contributed by atoms with Crippen molar-refractivity contribution in [2.24, 2.45) is 0 Å². The minimum absolute atomic E-state index is 0.204. The topological polar surface area (TPSA) is 96.2 Å². The number of alkyl halides is 1. The molecule has 2 N–H and O–H groups in total. The van der Waals surface area contributed by atoms with E-state index in [9.17, 15) is 9.18 Å². The van der Waals surface area contributed by atoms with Crippen LogP contribution in [0.2, 0.25) is 0 Å². The quantitative estimate of drug-likeness (QED) is 0.685. The number of hydrogen-bond donors (Lipinski definition) is 2. The number of urea groups is 1. The van der Waals surface area contributed by atoms with Gasteiger partial charge in [-0.3, -0.25) is 5.32 Å². The number of fused-ring (bicyclic) bond motifs is 1. The lowest BCUT2D eigenvalue weighted by molar-refractivity contribution is 0.188. The van der Waals surface area contributed by atoms with Crippen LogP contribution in [0.1, 0.15) is 18.7 Å². The molecule has 8 nitrogen and oxygen atoms in total. The van der Waals surface area contributed by atoms with Gasteiger partial charge in [-0.1, -0.05) is 0 Å². The van der Waals surface area contributed by atoms with Gasteiger partial charge in [-0.2, -0.15) is 0 Å². The standard InChI is InChI=1S/C20H23FN6O2/c1-13-23-12-18(29-13)14-2-3-17-15(10-14)11-19(26-25-17)24-20(28)27-8-4-16(5-9-27)22-7-6-21/h2-3,10-12,16,22H,4-9H2,1H3,(H,24,26,28). The highest BCUT2D eigenvalue weighted by molar-refractivity contribution is 5.91. The van der Waals surface area contributed by atoms with Crippen LogP contribution in [0.3, 0.4) is 0 Å². The van der Waals surface area contributed by atoms with Gasteiger partial charge in [-0.25, -0.2) is 14.2 Å². The molecule has 3 heterocycles. The number of hydrogen-bond acceptors (Lipinski definition) is 6. The Balaban J connectivity index is 1.43. The lowest BCUT2D eigenvalue weighted by Crippen LogP contribution is -2.46. The van der Waals surface area contributed by atoms with Crippen LogP contribution in [0, 0.1) is 6.92 Å². The Hall–Kier alpha value is -3.07. The Bertz CT molecular complexity index is 1000. The number of benzene rings is 1. The Labute approximate surface area is 167 Å². The Morgan fingerprint density at radius 2 is 2.10 bits per heavy atom. The van der Waals surface area contributed by atoms with Crippen molar-refractivity contribution >= 4 is 22.8 Å². The fraction of sp³-hybridized carbons (Fsp3) is 0.400. The van der Waals surface area contributed by atoms with Gasteiger partial charge in [0.2, 0.25) is 0 Å². The van der Waals surface area contributed by atoms with Gasteiger partial charge >= 0.3 is 6.03 Å². The second kappa shape index (κ2) is 8.52. The van der Waals surface area contributed by atoms with Crippen LogP contribution in [0.15, 0.2) is 34.9 Å². The summed E-state index contributed by atoms with van der Waals surface area (Å²) in [6.45, 7) is 3.01. The maximum absolute atomic E-state index is 12.6. The van der Waals surface area contributed by atoms with E-state index in [1.165, 1.54) is 0 Å². The van der Waals surface area contributed by atoms with E-state index in [0.717, 1.165) is 29.3 Å². The molecule has 1 aliphatic heterocycles. The molecule has 0 saturated carbocycles. The average molecular weight is 398 g/mol. The number of piperidine rings is 1. The molecule has 1 aromatic carbocycles. The molecule has 0 radical (unpaired) electrons. The number of aryl methyl sites for hydroxylation is 1. The smallest absolute Gasteiger partial charge is 0.323 e. The molecule has 0 atom stereocenters. The lowest BCUT2D eigenvalue weighted by Gasteiger charge is -2.32. The second-order valence-electron chi connectivity index (χ2n) is 7.08. The molecular formula is C20H23FN6O2. The predicted octanol–water partition coefficient (Wildman–Crippen LogP) is 3.15. The first kappa shape index (κ1) is 19.3. The largest absolute Gasteiger partial charge is 0.441 e. The van der Waals surface area contributed by atoms with Gasteiger partial charge < -0.3 is 14.6 Å². The Morgan fingerprint density at radius 1 is 1.28 bits per heavy atom. The summed E-state index contributed by atoms with van der Waals surface area (Å²) >= 11 is 0. The number of rotatable bonds is 5. The van der Waals surface area contributed by atoms with Crippen LogP contribution in [-0.4, -0.2) is 58.5 Å². The van der Waals surface area contributed by atoms with Crippen molar-refractivity contribution in [3.05, 3.63) is 36.4 Å². The summed E-state index contributed by atoms with van der Waals surface area (Å²) in [5.74, 6) is 1.67. The molecule has 3 aromatic rings. The molecule has 29 heavy (non-hydrogen) atoms. The number of halogens is 1. The third kappa shape index (κ3) is 4.51. The minimum atomic E-state index is -0.376. The minimum Gasteiger partial charge on any atom is -0.441 e. The fourth-order valence-corrected chi connectivity index (χ4v) is 3.49. The van der Waals surface area contributed by atoms with E-state index in [1.54, 1.807) is 24.1 Å². The fourth-order valence-electron chi connectivity index (χ4n) is 3.49. The molecule has 2 aromatic heterocycles. The van der Waals surface area contributed by atoms with Crippen LogP contribution >= 0.6 is 0 Å². The van der Waals surface area contributed by atoms with Gasteiger partial charge in [0.1, 0.15) is 6.67 Å².